The van der Waals surface area contributed by atoms with E-state index in [1.165, 1.54) is 51.4 Å². The first-order valence-electron chi connectivity index (χ1n) is 8.32. The molecular weight excluding hydrogens is 234 g/mol. The Balaban J connectivity index is 2.06. The predicted molar refractivity (Wildman–Crippen MR) is 82.3 cm³/mol. The van der Waals surface area contributed by atoms with E-state index in [0.29, 0.717) is 12.1 Å². The Morgan fingerprint density at radius 3 is 2.47 bits per heavy atom. The van der Waals surface area contributed by atoms with Crippen LogP contribution in [0.5, 0.6) is 0 Å². The molecule has 0 fully saturated rings. The van der Waals surface area contributed by atoms with Crippen molar-refractivity contribution >= 4 is 0 Å². The number of rotatable bonds is 10. The van der Waals surface area contributed by atoms with Crippen LogP contribution in [0.4, 0.5) is 0 Å². The first-order chi connectivity index (χ1) is 9.15. The zero-order valence-electron chi connectivity index (χ0n) is 13.4. The molecule has 2 atom stereocenters. The first kappa shape index (κ1) is 16.5. The van der Waals surface area contributed by atoms with Crippen LogP contribution < -0.4 is 0 Å². The minimum atomic E-state index is 0.445. The Morgan fingerprint density at radius 1 is 1.05 bits per heavy atom. The normalized spacial score (nSPS) is 22.7. The topological polar surface area (TPSA) is 28.0 Å². The Bertz CT molecular complexity index is 250. The summed E-state index contributed by atoms with van der Waals surface area (Å²) in [4.78, 5) is 0. The van der Waals surface area contributed by atoms with Gasteiger partial charge in [0.15, 0.2) is 0 Å². The fraction of sp³-hybridized carbons (Fsp3) is 1.00. The van der Waals surface area contributed by atoms with Crippen molar-refractivity contribution in [2.24, 2.45) is 16.3 Å². The van der Waals surface area contributed by atoms with Crippen molar-refractivity contribution in [3.05, 3.63) is 0 Å². The molecule has 0 aromatic heterocycles. The molecule has 0 aromatic carbocycles. The number of hydrogen-bond donors (Lipinski definition) is 0. The van der Waals surface area contributed by atoms with Crippen LogP contribution in [0.1, 0.15) is 79.1 Å². The van der Waals surface area contributed by atoms with E-state index < -0.39 is 0 Å². The summed E-state index contributed by atoms with van der Waals surface area (Å²) in [5.41, 5.74) is 0. The van der Waals surface area contributed by atoms with E-state index in [1.54, 1.807) is 0 Å². The molecule has 1 heterocycles. The molecule has 0 saturated heterocycles. The predicted octanol–water partition coefficient (Wildman–Crippen LogP) is 5.22. The van der Waals surface area contributed by atoms with Crippen LogP contribution in [-0.4, -0.2) is 23.6 Å². The Labute approximate surface area is 119 Å². The molecule has 112 valence electrons. The lowest BCUT2D eigenvalue weighted by atomic mass is 10.0. The molecule has 0 spiro atoms. The molecule has 1 aliphatic rings. The van der Waals surface area contributed by atoms with Gasteiger partial charge in [-0.2, -0.15) is 5.11 Å². The summed E-state index contributed by atoms with van der Waals surface area (Å²) in [6.45, 7) is 10.2. The van der Waals surface area contributed by atoms with E-state index in [1.807, 2.05) is 0 Å². The molecule has 0 amide bonds. The van der Waals surface area contributed by atoms with E-state index in [9.17, 15) is 0 Å². The van der Waals surface area contributed by atoms with Gasteiger partial charge in [-0.05, 0) is 25.7 Å². The van der Waals surface area contributed by atoms with Gasteiger partial charge in [0.25, 0.3) is 0 Å². The molecule has 3 nitrogen and oxygen atoms in total. The minimum absolute atomic E-state index is 0.445. The standard InChI is InChI=1S/C16H33N3/c1-5-6-12-16-15(4)19(18-17-16)13-10-8-7-9-11-14(2)3/h14-16H,5-13H2,1-4H3. The maximum Gasteiger partial charge on any atom is 0.0946 e. The zero-order valence-corrected chi connectivity index (χ0v) is 13.4. The number of nitrogens with zero attached hydrogens (tertiary/aromatic N) is 3. The molecule has 1 rings (SSSR count). The molecule has 0 bridgehead atoms. The average Bonchev–Trinajstić information content (AvgIpc) is 2.72. The molecule has 3 heteroatoms. The minimum Gasteiger partial charge on any atom is -0.274 e. The van der Waals surface area contributed by atoms with Gasteiger partial charge < -0.3 is 0 Å². The third-order valence-electron chi connectivity index (χ3n) is 4.11. The molecule has 2 unspecified atom stereocenters. The smallest absolute Gasteiger partial charge is 0.0946 e. The van der Waals surface area contributed by atoms with Gasteiger partial charge in [-0.25, -0.2) is 0 Å². The van der Waals surface area contributed by atoms with Crippen molar-refractivity contribution in [3.63, 3.8) is 0 Å². The first-order valence-corrected chi connectivity index (χ1v) is 8.32. The second kappa shape index (κ2) is 9.33. The van der Waals surface area contributed by atoms with Gasteiger partial charge in [-0.1, -0.05) is 64.5 Å². The van der Waals surface area contributed by atoms with Gasteiger partial charge >= 0.3 is 0 Å². The van der Waals surface area contributed by atoms with Gasteiger partial charge in [0.2, 0.25) is 0 Å². The fourth-order valence-corrected chi connectivity index (χ4v) is 2.65. The molecule has 1 aliphatic heterocycles. The SMILES string of the molecule is CCCCC1N=NN(CCCCCCC(C)C)C1C. The highest BCUT2D eigenvalue weighted by Crippen LogP contribution is 2.22. The summed E-state index contributed by atoms with van der Waals surface area (Å²) in [7, 11) is 0. The van der Waals surface area contributed by atoms with Crippen LogP contribution in [0, 0.1) is 5.92 Å². The van der Waals surface area contributed by atoms with Gasteiger partial charge in [-0.3, -0.25) is 5.01 Å². The largest absolute Gasteiger partial charge is 0.274 e. The molecule has 19 heavy (non-hydrogen) atoms. The molecule has 0 aliphatic carbocycles. The monoisotopic (exact) mass is 267 g/mol. The Morgan fingerprint density at radius 2 is 1.79 bits per heavy atom. The highest BCUT2D eigenvalue weighted by molar-refractivity contribution is 4.82. The second-order valence-electron chi connectivity index (χ2n) is 6.41. The lowest BCUT2D eigenvalue weighted by Crippen LogP contribution is -2.32. The summed E-state index contributed by atoms with van der Waals surface area (Å²) in [6.07, 6.45) is 10.5. The fourth-order valence-electron chi connectivity index (χ4n) is 2.65. The van der Waals surface area contributed by atoms with Crippen LogP contribution in [0.25, 0.3) is 0 Å². The lowest BCUT2D eigenvalue weighted by molar-refractivity contribution is 0.224. The van der Waals surface area contributed by atoms with Gasteiger partial charge in [0.1, 0.15) is 0 Å². The number of unbranched alkanes of at least 4 members (excludes halogenated alkanes) is 4. The van der Waals surface area contributed by atoms with E-state index >= 15 is 0 Å². The van der Waals surface area contributed by atoms with Crippen molar-refractivity contribution in [2.75, 3.05) is 6.54 Å². The summed E-state index contributed by atoms with van der Waals surface area (Å²) in [6, 6.07) is 0.961. The lowest BCUT2D eigenvalue weighted by Gasteiger charge is -2.21. The van der Waals surface area contributed by atoms with E-state index in [2.05, 4.69) is 43.0 Å². The highest BCUT2D eigenvalue weighted by Gasteiger charge is 2.27. The molecule has 0 radical (unpaired) electrons. The van der Waals surface area contributed by atoms with Crippen LogP contribution in [0.15, 0.2) is 10.3 Å². The van der Waals surface area contributed by atoms with Gasteiger partial charge in [-0.15, -0.1) is 0 Å². The Kier molecular flexibility index (Phi) is 8.08. The summed E-state index contributed by atoms with van der Waals surface area (Å²) in [5, 5.41) is 11.0. The summed E-state index contributed by atoms with van der Waals surface area (Å²) < 4.78 is 0. The van der Waals surface area contributed by atoms with E-state index in [4.69, 9.17) is 0 Å². The highest BCUT2D eigenvalue weighted by atomic mass is 15.6. The van der Waals surface area contributed by atoms with Crippen molar-refractivity contribution in [1.82, 2.24) is 5.01 Å². The molecule has 0 saturated carbocycles. The van der Waals surface area contributed by atoms with Crippen molar-refractivity contribution in [1.29, 1.82) is 0 Å². The third kappa shape index (κ3) is 6.40. The average molecular weight is 267 g/mol. The molecular formula is C16H33N3. The maximum atomic E-state index is 4.42. The summed E-state index contributed by atoms with van der Waals surface area (Å²) in [5.74, 6) is 0.853. The van der Waals surface area contributed by atoms with E-state index in [0.717, 1.165) is 12.5 Å². The van der Waals surface area contributed by atoms with Gasteiger partial charge in [0.05, 0.1) is 12.1 Å². The number of hydrogen-bond acceptors (Lipinski definition) is 3. The van der Waals surface area contributed by atoms with Crippen LogP contribution in [-0.2, 0) is 0 Å². The summed E-state index contributed by atoms with van der Waals surface area (Å²) >= 11 is 0. The quantitative estimate of drug-likeness (QED) is 0.498. The van der Waals surface area contributed by atoms with Gasteiger partial charge in [0, 0.05) is 6.54 Å². The maximum absolute atomic E-state index is 4.42. The van der Waals surface area contributed by atoms with E-state index in [-0.39, 0.29) is 0 Å². The van der Waals surface area contributed by atoms with Crippen molar-refractivity contribution < 1.29 is 0 Å². The Hall–Kier alpha value is -0.600. The molecule has 0 aromatic rings. The van der Waals surface area contributed by atoms with Crippen LogP contribution in [0.2, 0.25) is 0 Å². The van der Waals surface area contributed by atoms with Crippen LogP contribution in [0.3, 0.4) is 0 Å². The van der Waals surface area contributed by atoms with Crippen LogP contribution >= 0.6 is 0 Å². The van der Waals surface area contributed by atoms with Crippen molar-refractivity contribution in [2.45, 2.75) is 91.1 Å². The van der Waals surface area contributed by atoms with Crippen molar-refractivity contribution in [3.8, 4) is 0 Å². The third-order valence-corrected chi connectivity index (χ3v) is 4.11. The zero-order chi connectivity index (χ0) is 14.1. The second-order valence-corrected chi connectivity index (χ2v) is 6.41. The molecule has 0 N–H and O–H groups in total.